The van der Waals surface area contributed by atoms with Crippen molar-refractivity contribution < 1.29 is 14.3 Å². The molecule has 0 aliphatic carbocycles. The summed E-state index contributed by atoms with van der Waals surface area (Å²) < 4.78 is 9.10. The van der Waals surface area contributed by atoms with Crippen LogP contribution in [0, 0.1) is 6.92 Å². The molecule has 1 aromatic heterocycles. The summed E-state index contributed by atoms with van der Waals surface area (Å²) in [4.78, 5) is 23.6. The summed E-state index contributed by atoms with van der Waals surface area (Å²) >= 11 is 1.15. The first-order valence-electron chi connectivity index (χ1n) is 6.43. The van der Waals surface area contributed by atoms with Gasteiger partial charge in [0.1, 0.15) is 10.6 Å². The second-order valence-corrected chi connectivity index (χ2v) is 6.12. The van der Waals surface area contributed by atoms with Crippen molar-refractivity contribution in [3.8, 4) is 0 Å². The molecule has 0 fully saturated rings. The molecule has 0 atom stereocenters. The molecule has 6 nitrogen and oxygen atoms in total. The number of carbonyl (C=O) groups excluding carboxylic acids is 2. The van der Waals surface area contributed by atoms with Gasteiger partial charge in [-0.25, -0.2) is 4.79 Å². The molecular weight excluding hydrogens is 278 g/mol. The monoisotopic (exact) mass is 299 g/mol. The van der Waals surface area contributed by atoms with E-state index in [4.69, 9.17) is 4.74 Å². The van der Waals surface area contributed by atoms with E-state index in [1.54, 1.807) is 13.8 Å². The summed E-state index contributed by atoms with van der Waals surface area (Å²) in [6.07, 6.45) is 0. The fourth-order valence-corrected chi connectivity index (χ4v) is 2.34. The van der Waals surface area contributed by atoms with Crippen LogP contribution in [-0.2, 0) is 9.53 Å². The van der Waals surface area contributed by atoms with Crippen LogP contribution in [0.2, 0.25) is 0 Å². The number of amides is 1. The maximum Gasteiger partial charge on any atom is 0.343 e. The van der Waals surface area contributed by atoms with Gasteiger partial charge in [0.2, 0.25) is 5.91 Å². The number of hydrogen-bond acceptors (Lipinski definition) is 6. The molecule has 112 valence electrons. The van der Waals surface area contributed by atoms with E-state index in [0.29, 0.717) is 22.9 Å². The minimum absolute atomic E-state index is 0.0886. The lowest BCUT2D eigenvalue weighted by Crippen LogP contribution is -2.43. The van der Waals surface area contributed by atoms with Crippen molar-refractivity contribution in [1.29, 1.82) is 0 Å². The van der Waals surface area contributed by atoms with E-state index in [2.05, 4.69) is 15.0 Å². The predicted molar refractivity (Wildman–Crippen MR) is 79.2 cm³/mol. The maximum atomic E-state index is 11.8. The largest absolute Gasteiger partial charge is 0.462 e. The van der Waals surface area contributed by atoms with Crippen LogP contribution in [0.15, 0.2) is 0 Å². The average molecular weight is 299 g/mol. The smallest absolute Gasteiger partial charge is 0.343 e. The number of ether oxygens (including phenoxy) is 1. The third kappa shape index (κ3) is 4.80. The number of esters is 1. The first-order chi connectivity index (χ1) is 9.24. The normalized spacial score (nSPS) is 11.1. The molecule has 1 heterocycles. The van der Waals surface area contributed by atoms with Crippen molar-refractivity contribution in [2.75, 3.05) is 18.5 Å². The zero-order chi connectivity index (χ0) is 15.3. The number of rotatable bonds is 5. The Balaban J connectivity index is 2.70. The van der Waals surface area contributed by atoms with Crippen molar-refractivity contribution >= 4 is 28.4 Å². The molecule has 0 aliphatic heterocycles. The molecule has 0 unspecified atom stereocenters. The van der Waals surface area contributed by atoms with Crippen molar-refractivity contribution in [2.24, 2.45) is 0 Å². The molecule has 0 spiro atoms. The number of aryl methyl sites for hydroxylation is 1. The Labute approximate surface area is 123 Å². The predicted octanol–water partition coefficient (Wildman–Crippen LogP) is 1.95. The van der Waals surface area contributed by atoms with Gasteiger partial charge in [-0.1, -0.05) is 0 Å². The van der Waals surface area contributed by atoms with Gasteiger partial charge < -0.3 is 15.4 Å². The second-order valence-electron chi connectivity index (χ2n) is 5.34. The molecule has 0 aliphatic rings. The highest BCUT2D eigenvalue weighted by Gasteiger charge is 2.20. The highest BCUT2D eigenvalue weighted by Crippen LogP contribution is 2.25. The van der Waals surface area contributed by atoms with Gasteiger partial charge in [-0.05, 0) is 46.2 Å². The van der Waals surface area contributed by atoms with Crippen molar-refractivity contribution in [1.82, 2.24) is 9.69 Å². The molecule has 0 aromatic carbocycles. The van der Waals surface area contributed by atoms with Crippen molar-refractivity contribution in [2.45, 2.75) is 40.2 Å². The zero-order valence-corrected chi connectivity index (χ0v) is 13.3. The molecule has 0 saturated heterocycles. The van der Waals surface area contributed by atoms with Gasteiger partial charge >= 0.3 is 5.97 Å². The number of nitrogens with zero attached hydrogens (tertiary/aromatic N) is 1. The maximum absolute atomic E-state index is 11.8. The lowest BCUT2D eigenvalue weighted by atomic mass is 10.1. The number of hydrogen-bond donors (Lipinski definition) is 2. The standard InChI is InChI=1S/C13H21N3O3S/c1-6-19-12(18)10-8(2)16-20-11(10)14-7-9(17)15-13(3,4)5/h14H,6-7H2,1-5H3,(H,15,17). The highest BCUT2D eigenvalue weighted by molar-refractivity contribution is 7.10. The molecule has 2 N–H and O–H groups in total. The van der Waals surface area contributed by atoms with Crippen LogP contribution in [0.5, 0.6) is 0 Å². The number of aromatic nitrogens is 1. The lowest BCUT2D eigenvalue weighted by molar-refractivity contribution is -0.120. The van der Waals surface area contributed by atoms with E-state index >= 15 is 0 Å². The first kappa shape index (κ1) is 16.4. The van der Waals surface area contributed by atoms with Crippen LogP contribution >= 0.6 is 11.5 Å². The molecule has 0 saturated carbocycles. The van der Waals surface area contributed by atoms with Crippen molar-refractivity contribution in [3.05, 3.63) is 11.3 Å². The summed E-state index contributed by atoms with van der Waals surface area (Å²) in [6, 6.07) is 0. The summed E-state index contributed by atoms with van der Waals surface area (Å²) in [5.74, 6) is -0.559. The van der Waals surface area contributed by atoms with E-state index in [-0.39, 0.29) is 18.0 Å². The minimum atomic E-state index is -0.419. The lowest BCUT2D eigenvalue weighted by Gasteiger charge is -2.20. The molecular formula is C13H21N3O3S. The summed E-state index contributed by atoms with van der Waals surface area (Å²) in [6.45, 7) is 9.60. The van der Waals surface area contributed by atoms with Crippen molar-refractivity contribution in [3.63, 3.8) is 0 Å². The number of carbonyl (C=O) groups is 2. The third-order valence-electron chi connectivity index (χ3n) is 2.27. The average Bonchev–Trinajstić information content (AvgIpc) is 2.66. The topological polar surface area (TPSA) is 80.3 Å². The summed E-state index contributed by atoms with van der Waals surface area (Å²) in [5.41, 5.74) is 0.722. The Morgan fingerprint density at radius 2 is 2.00 bits per heavy atom. The van der Waals surface area contributed by atoms with E-state index in [0.717, 1.165) is 11.5 Å². The minimum Gasteiger partial charge on any atom is -0.462 e. The molecule has 0 bridgehead atoms. The van der Waals surface area contributed by atoms with Crippen LogP contribution in [-0.4, -0.2) is 34.9 Å². The Morgan fingerprint density at radius 3 is 2.55 bits per heavy atom. The van der Waals surface area contributed by atoms with Crippen LogP contribution < -0.4 is 10.6 Å². The Bertz CT molecular complexity index is 492. The number of nitrogens with one attached hydrogen (secondary N) is 2. The molecule has 20 heavy (non-hydrogen) atoms. The van der Waals surface area contributed by atoms with Crippen LogP contribution in [0.3, 0.4) is 0 Å². The Hall–Kier alpha value is -1.63. The molecule has 1 amide bonds. The summed E-state index contributed by atoms with van der Waals surface area (Å²) in [7, 11) is 0. The SMILES string of the molecule is CCOC(=O)c1c(C)nsc1NCC(=O)NC(C)(C)C. The Kier molecular flexibility index (Phi) is 5.50. The zero-order valence-electron chi connectivity index (χ0n) is 12.5. The van der Waals surface area contributed by atoms with Gasteiger partial charge in [0, 0.05) is 5.54 Å². The van der Waals surface area contributed by atoms with Gasteiger partial charge in [-0.2, -0.15) is 4.37 Å². The third-order valence-corrected chi connectivity index (χ3v) is 3.16. The van der Waals surface area contributed by atoms with Crippen LogP contribution in [0.4, 0.5) is 5.00 Å². The van der Waals surface area contributed by atoms with E-state index in [9.17, 15) is 9.59 Å². The second kappa shape index (κ2) is 6.69. The molecule has 7 heteroatoms. The molecule has 1 rings (SSSR count). The number of anilines is 1. The van der Waals surface area contributed by atoms with Gasteiger partial charge in [0.05, 0.1) is 18.8 Å². The van der Waals surface area contributed by atoms with E-state index < -0.39 is 5.97 Å². The summed E-state index contributed by atoms with van der Waals surface area (Å²) in [5, 5.41) is 6.34. The Morgan fingerprint density at radius 1 is 1.35 bits per heavy atom. The van der Waals surface area contributed by atoms with E-state index in [1.165, 1.54) is 0 Å². The van der Waals surface area contributed by atoms with Gasteiger partial charge in [-0.15, -0.1) is 0 Å². The van der Waals surface area contributed by atoms with Crippen LogP contribution in [0.1, 0.15) is 43.7 Å². The first-order valence-corrected chi connectivity index (χ1v) is 7.20. The molecule has 1 aromatic rings. The fraction of sp³-hybridized carbons (Fsp3) is 0.615. The molecule has 0 radical (unpaired) electrons. The fourth-order valence-electron chi connectivity index (χ4n) is 1.56. The van der Waals surface area contributed by atoms with E-state index in [1.807, 2.05) is 20.8 Å². The quantitative estimate of drug-likeness (QED) is 0.812. The van der Waals surface area contributed by atoms with Gasteiger partial charge in [0.15, 0.2) is 0 Å². The van der Waals surface area contributed by atoms with Gasteiger partial charge in [-0.3, -0.25) is 4.79 Å². The van der Waals surface area contributed by atoms with Gasteiger partial charge in [0.25, 0.3) is 0 Å². The highest BCUT2D eigenvalue weighted by atomic mass is 32.1. The van der Waals surface area contributed by atoms with Crippen LogP contribution in [0.25, 0.3) is 0 Å².